The zero-order valence-corrected chi connectivity index (χ0v) is 18.8. The number of esters is 1. The standard InChI is InChI=1S/C19H29N2O9P/c1-14(21-18(24)27-12-15-8-6-5-7-9-15)30-31(25,26)11-10-16(22)28-13-20-17(23)29-19(2,3)4/h5-9,14H,10-13H2,1-4H3,(H,20,23)(H,21,24)(H,25,26). The number of rotatable bonds is 10. The molecule has 0 saturated carbocycles. The van der Waals surface area contributed by atoms with Crippen LogP contribution in [0.1, 0.15) is 39.7 Å². The van der Waals surface area contributed by atoms with E-state index in [-0.39, 0.29) is 6.61 Å². The molecule has 3 N–H and O–H groups in total. The van der Waals surface area contributed by atoms with Crippen LogP contribution in [0.25, 0.3) is 0 Å². The highest BCUT2D eigenvalue weighted by atomic mass is 31.2. The lowest BCUT2D eigenvalue weighted by Gasteiger charge is -2.20. The maximum absolute atomic E-state index is 12.1. The fourth-order valence-corrected chi connectivity index (χ4v) is 3.17. The topological polar surface area (TPSA) is 149 Å². The lowest BCUT2D eigenvalue weighted by molar-refractivity contribution is -0.143. The summed E-state index contributed by atoms with van der Waals surface area (Å²) >= 11 is 0. The first-order valence-corrected chi connectivity index (χ1v) is 11.2. The first-order chi connectivity index (χ1) is 14.4. The fourth-order valence-electron chi connectivity index (χ4n) is 2.05. The average Bonchev–Trinajstić information content (AvgIpc) is 2.63. The molecule has 174 valence electrons. The number of ether oxygens (including phenoxy) is 3. The molecule has 2 amide bonds. The van der Waals surface area contributed by atoms with Crippen molar-refractivity contribution in [1.82, 2.24) is 10.6 Å². The van der Waals surface area contributed by atoms with Gasteiger partial charge in [-0.3, -0.25) is 24.5 Å². The summed E-state index contributed by atoms with van der Waals surface area (Å²) in [4.78, 5) is 44.6. The third-order valence-corrected chi connectivity index (χ3v) is 4.74. The van der Waals surface area contributed by atoms with Crippen LogP contribution in [0.2, 0.25) is 0 Å². The van der Waals surface area contributed by atoms with E-state index in [0.717, 1.165) is 5.56 Å². The van der Waals surface area contributed by atoms with Gasteiger partial charge in [0, 0.05) is 0 Å². The van der Waals surface area contributed by atoms with Gasteiger partial charge in [0.15, 0.2) is 6.73 Å². The zero-order valence-electron chi connectivity index (χ0n) is 18.0. The van der Waals surface area contributed by atoms with E-state index < -0.39 is 56.9 Å². The van der Waals surface area contributed by atoms with E-state index in [1.54, 1.807) is 45.0 Å². The zero-order chi connectivity index (χ0) is 23.5. The highest BCUT2D eigenvalue weighted by Gasteiger charge is 2.25. The molecule has 12 heteroatoms. The summed E-state index contributed by atoms with van der Waals surface area (Å²) in [5.41, 5.74) is 0.0759. The van der Waals surface area contributed by atoms with Crippen LogP contribution in [-0.2, 0) is 34.7 Å². The molecule has 2 atom stereocenters. The van der Waals surface area contributed by atoms with Crippen molar-refractivity contribution in [3.05, 3.63) is 35.9 Å². The van der Waals surface area contributed by atoms with E-state index in [1.165, 1.54) is 6.92 Å². The molecular weight excluding hydrogens is 431 g/mol. The van der Waals surface area contributed by atoms with Crippen LogP contribution in [0, 0.1) is 0 Å². The number of amides is 2. The van der Waals surface area contributed by atoms with E-state index >= 15 is 0 Å². The van der Waals surface area contributed by atoms with E-state index in [1.807, 2.05) is 6.07 Å². The summed E-state index contributed by atoms with van der Waals surface area (Å²) in [5.74, 6) is -0.822. The van der Waals surface area contributed by atoms with Gasteiger partial charge >= 0.3 is 25.8 Å². The largest absolute Gasteiger partial charge is 0.445 e. The van der Waals surface area contributed by atoms with E-state index in [2.05, 4.69) is 10.6 Å². The molecule has 0 heterocycles. The lowest BCUT2D eigenvalue weighted by Crippen LogP contribution is -2.35. The lowest BCUT2D eigenvalue weighted by atomic mass is 10.2. The van der Waals surface area contributed by atoms with Crippen LogP contribution in [0.3, 0.4) is 0 Å². The first-order valence-electron chi connectivity index (χ1n) is 9.46. The minimum Gasteiger partial charge on any atom is -0.445 e. The van der Waals surface area contributed by atoms with Crippen LogP contribution < -0.4 is 10.6 Å². The van der Waals surface area contributed by atoms with Gasteiger partial charge in [-0.2, -0.15) is 0 Å². The third-order valence-electron chi connectivity index (χ3n) is 3.30. The van der Waals surface area contributed by atoms with Crippen molar-refractivity contribution in [1.29, 1.82) is 0 Å². The number of benzene rings is 1. The summed E-state index contributed by atoms with van der Waals surface area (Å²) in [5, 5.41) is 4.48. The van der Waals surface area contributed by atoms with Gasteiger partial charge < -0.3 is 19.1 Å². The van der Waals surface area contributed by atoms with Crippen LogP contribution in [-0.4, -0.2) is 47.8 Å². The molecule has 0 aromatic heterocycles. The molecule has 0 aliphatic heterocycles. The second-order valence-corrected chi connectivity index (χ2v) is 9.34. The Kier molecular flexibility index (Phi) is 10.5. The molecule has 0 saturated heterocycles. The molecule has 0 fully saturated rings. The maximum atomic E-state index is 12.1. The van der Waals surface area contributed by atoms with Gasteiger partial charge in [-0.25, -0.2) is 9.59 Å². The van der Waals surface area contributed by atoms with Crippen molar-refractivity contribution in [3.63, 3.8) is 0 Å². The second kappa shape index (κ2) is 12.3. The molecule has 0 aliphatic rings. The van der Waals surface area contributed by atoms with E-state index in [0.29, 0.717) is 0 Å². The van der Waals surface area contributed by atoms with Gasteiger partial charge in [0.1, 0.15) is 18.4 Å². The predicted molar refractivity (Wildman–Crippen MR) is 110 cm³/mol. The molecule has 11 nitrogen and oxygen atoms in total. The Morgan fingerprint density at radius 1 is 1.10 bits per heavy atom. The molecule has 31 heavy (non-hydrogen) atoms. The van der Waals surface area contributed by atoms with E-state index in [4.69, 9.17) is 18.7 Å². The summed E-state index contributed by atoms with van der Waals surface area (Å²) in [6, 6.07) is 8.96. The smallest absolute Gasteiger partial charge is 0.410 e. The molecule has 0 radical (unpaired) electrons. The first kappa shape index (κ1) is 26.4. The second-order valence-electron chi connectivity index (χ2n) is 7.40. The molecule has 0 aliphatic carbocycles. The Labute approximate surface area is 180 Å². The quantitative estimate of drug-likeness (QED) is 0.207. The average molecular weight is 460 g/mol. The third kappa shape index (κ3) is 13.3. The summed E-state index contributed by atoms with van der Waals surface area (Å²) in [7, 11) is -4.20. The van der Waals surface area contributed by atoms with E-state index in [9.17, 15) is 23.8 Å². The van der Waals surface area contributed by atoms with Gasteiger partial charge in [0.25, 0.3) is 0 Å². The van der Waals surface area contributed by atoms with Crippen LogP contribution in [0.5, 0.6) is 0 Å². The summed E-state index contributed by atoms with van der Waals surface area (Å²) in [6.07, 6.45) is -3.71. The van der Waals surface area contributed by atoms with Gasteiger partial charge in [-0.05, 0) is 33.3 Å². The van der Waals surface area contributed by atoms with Gasteiger partial charge in [-0.15, -0.1) is 0 Å². The van der Waals surface area contributed by atoms with Crippen molar-refractivity contribution in [2.75, 3.05) is 12.9 Å². The molecule has 0 bridgehead atoms. The predicted octanol–water partition coefficient (Wildman–Crippen LogP) is 2.88. The Morgan fingerprint density at radius 3 is 2.35 bits per heavy atom. The Balaban J connectivity index is 2.26. The number of nitrogens with one attached hydrogen (secondary N) is 2. The Bertz CT molecular complexity index is 780. The SMILES string of the molecule is CC(NC(=O)OCc1ccccc1)OP(=O)(O)CCC(=O)OCNC(=O)OC(C)(C)C. The van der Waals surface area contributed by atoms with Crippen LogP contribution >= 0.6 is 7.60 Å². The molecule has 1 rings (SSSR count). The van der Waals surface area contributed by atoms with Crippen molar-refractivity contribution < 1.29 is 42.6 Å². The molecular formula is C19H29N2O9P. The highest BCUT2D eigenvalue weighted by molar-refractivity contribution is 7.52. The Hall–Kier alpha value is -2.62. The minimum atomic E-state index is -4.20. The van der Waals surface area contributed by atoms with Crippen molar-refractivity contribution in [2.24, 2.45) is 0 Å². The van der Waals surface area contributed by atoms with Crippen molar-refractivity contribution in [2.45, 2.75) is 52.6 Å². The minimum absolute atomic E-state index is 0.0271. The summed E-state index contributed by atoms with van der Waals surface area (Å²) < 4.78 is 31.7. The number of hydrogen-bond donors (Lipinski definition) is 3. The van der Waals surface area contributed by atoms with Crippen molar-refractivity contribution in [3.8, 4) is 0 Å². The monoisotopic (exact) mass is 460 g/mol. The van der Waals surface area contributed by atoms with Gasteiger partial charge in [0.05, 0.1) is 12.6 Å². The number of alkyl carbamates (subject to hydrolysis) is 2. The van der Waals surface area contributed by atoms with Crippen LogP contribution in [0.15, 0.2) is 30.3 Å². The molecule has 2 unspecified atom stereocenters. The molecule has 1 aromatic rings. The summed E-state index contributed by atoms with van der Waals surface area (Å²) in [6.45, 7) is 5.95. The highest BCUT2D eigenvalue weighted by Crippen LogP contribution is 2.43. The number of hydrogen-bond acceptors (Lipinski definition) is 8. The van der Waals surface area contributed by atoms with Gasteiger partial charge in [0.2, 0.25) is 0 Å². The normalized spacial score (nSPS) is 14.0. The van der Waals surface area contributed by atoms with Crippen LogP contribution in [0.4, 0.5) is 9.59 Å². The fraction of sp³-hybridized carbons (Fsp3) is 0.526. The number of carbonyl (C=O) groups is 3. The number of carbonyl (C=O) groups excluding carboxylic acids is 3. The molecule has 1 aromatic carbocycles. The van der Waals surface area contributed by atoms with Crippen molar-refractivity contribution >= 4 is 25.8 Å². The maximum Gasteiger partial charge on any atom is 0.410 e. The van der Waals surface area contributed by atoms with Gasteiger partial charge in [-0.1, -0.05) is 30.3 Å². The molecule has 0 spiro atoms. The Morgan fingerprint density at radius 2 is 1.74 bits per heavy atom.